The summed E-state index contributed by atoms with van der Waals surface area (Å²) in [5, 5.41) is 6.35. The van der Waals surface area contributed by atoms with Crippen LogP contribution in [0.5, 0.6) is 0 Å². The molecule has 4 heterocycles. The molecule has 1 saturated heterocycles. The zero-order chi connectivity index (χ0) is 23.8. The Labute approximate surface area is 197 Å². The van der Waals surface area contributed by atoms with Crippen molar-refractivity contribution < 1.29 is 14.3 Å². The lowest BCUT2D eigenvalue weighted by molar-refractivity contribution is -0.113. The van der Waals surface area contributed by atoms with Gasteiger partial charge in [0.05, 0.1) is 28.1 Å². The smallest absolute Gasteiger partial charge is 0.416 e. The van der Waals surface area contributed by atoms with E-state index in [0.717, 1.165) is 4.90 Å². The fourth-order valence-corrected chi connectivity index (χ4v) is 4.79. The molecule has 1 aromatic carbocycles. The average molecular weight is 483 g/mol. The summed E-state index contributed by atoms with van der Waals surface area (Å²) in [5.41, 5.74) is -0.121. The zero-order valence-electron chi connectivity index (χ0n) is 18.3. The van der Waals surface area contributed by atoms with Crippen LogP contribution in [0.3, 0.4) is 0 Å². The summed E-state index contributed by atoms with van der Waals surface area (Å²) < 4.78 is 8.09. The summed E-state index contributed by atoms with van der Waals surface area (Å²) in [6.45, 7) is 1.17. The van der Waals surface area contributed by atoms with Crippen LogP contribution < -0.4 is 26.8 Å². The number of fused-ring (bicyclic) bond motifs is 2. The molecule has 11 nitrogen and oxygen atoms in total. The van der Waals surface area contributed by atoms with Crippen molar-refractivity contribution in [2.24, 2.45) is 7.05 Å². The number of hydrogen-bond donors (Lipinski definition) is 2. The third-order valence-corrected chi connectivity index (χ3v) is 6.80. The fraction of sp³-hybridized carbons (Fsp3) is 0.318. The Morgan fingerprint density at radius 3 is 2.85 bits per heavy atom. The van der Waals surface area contributed by atoms with Gasteiger partial charge in [0, 0.05) is 26.7 Å². The second-order valence-electron chi connectivity index (χ2n) is 7.99. The molecule has 12 heteroatoms. The van der Waals surface area contributed by atoms with Gasteiger partial charge in [-0.25, -0.2) is 14.6 Å². The first kappa shape index (κ1) is 22.2. The number of carbonyl (C=O) groups excluding carboxylic acids is 2. The highest BCUT2D eigenvalue weighted by Gasteiger charge is 2.33. The van der Waals surface area contributed by atoms with Crippen molar-refractivity contribution in [1.82, 2.24) is 19.4 Å². The molecule has 0 aliphatic carbocycles. The van der Waals surface area contributed by atoms with Crippen LogP contribution in [-0.2, 0) is 23.1 Å². The molecule has 1 unspecified atom stereocenters. The molecule has 2 aliphatic rings. The van der Waals surface area contributed by atoms with Gasteiger partial charge >= 0.3 is 11.8 Å². The molecule has 1 fully saturated rings. The predicted molar refractivity (Wildman–Crippen MR) is 128 cm³/mol. The maximum Gasteiger partial charge on any atom is 0.416 e. The van der Waals surface area contributed by atoms with Crippen molar-refractivity contribution in [1.29, 1.82) is 0 Å². The van der Waals surface area contributed by atoms with Crippen LogP contribution in [0.1, 0.15) is 0 Å². The van der Waals surface area contributed by atoms with E-state index in [1.165, 1.54) is 25.8 Å². The normalized spacial score (nSPS) is 17.6. The number of ether oxygens (including phenoxy) is 1. The van der Waals surface area contributed by atoms with Crippen LogP contribution in [0.4, 0.5) is 16.4 Å². The topological polar surface area (TPSA) is 128 Å². The third kappa shape index (κ3) is 4.05. The number of nitrogens with one attached hydrogen (secondary N) is 2. The Hall–Kier alpha value is -3.64. The van der Waals surface area contributed by atoms with E-state index in [4.69, 9.17) is 4.74 Å². The van der Waals surface area contributed by atoms with Gasteiger partial charge < -0.3 is 15.4 Å². The van der Waals surface area contributed by atoms with Crippen molar-refractivity contribution in [3.63, 3.8) is 0 Å². The van der Waals surface area contributed by atoms with Crippen LogP contribution in [0, 0.1) is 0 Å². The van der Waals surface area contributed by atoms with Crippen LogP contribution in [0.15, 0.2) is 50.9 Å². The highest BCUT2D eigenvalue weighted by Crippen LogP contribution is 2.32. The Bertz CT molecular complexity index is 1420. The summed E-state index contributed by atoms with van der Waals surface area (Å²) in [6.07, 6.45) is -0.945. The standard InChI is InChI=1S/C22H22N6O5S/c1-26-15-5-3-2-4-14(15)20(30)27(21(26)31)9-8-23-10-13-11-28(22(32)33-13)17-7-6-16-19(24-17)25-18(29)12-34-16/h2-7,13,23H,8-12H2,1H3,(H,24,25,29). The number of benzene rings is 1. The predicted octanol–water partition coefficient (Wildman–Crippen LogP) is 0.754. The molecule has 0 spiro atoms. The first-order valence-electron chi connectivity index (χ1n) is 10.7. The van der Waals surface area contributed by atoms with Gasteiger partial charge in [-0.3, -0.25) is 23.6 Å². The van der Waals surface area contributed by atoms with Crippen molar-refractivity contribution in [3.8, 4) is 0 Å². The number of rotatable bonds is 6. The molecule has 2 amide bonds. The zero-order valence-corrected chi connectivity index (χ0v) is 19.1. The second-order valence-corrected chi connectivity index (χ2v) is 9.01. The van der Waals surface area contributed by atoms with Gasteiger partial charge in [0.2, 0.25) is 5.91 Å². The van der Waals surface area contributed by atoms with Crippen LogP contribution in [0.25, 0.3) is 10.9 Å². The van der Waals surface area contributed by atoms with Crippen LogP contribution in [0.2, 0.25) is 0 Å². The van der Waals surface area contributed by atoms with Gasteiger partial charge in [0.1, 0.15) is 17.7 Å². The van der Waals surface area contributed by atoms with E-state index >= 15 is 0 Å². The van der Waals surface area contributed by atoms with Gasteiger partial charge in [-0.05, 0) is 24.3 Å². The fourth-order valence-electron chi connectivity index (χ4n) is 4.03. The van der Waals surface area contributed by atoms with E-state index in [9.17, 15) is 19.2 Å². The van der Waals surface area contributed by atoms with Gasteiger partial charge in [0.25, 0.3) is 5.56 Å². The molecule has 5 rings (SSSR count). The SMILES string of the molecule is Cn1c(=O)n(CCNCC2CN(c3ccc4c(n3)NC(=O)CS4)C(=O)O2)c(=O)c2ccccc21. The number of nitrogens with zero attached hydrogens (tertiary/aromatic N) is 4. The number of thioether (sulfide) groups is 1. The van der Waals surface area contributed by atoms with Gasteiger partial charge in [-0.2, -0.15) is 0 Å². The molecule has 2 aliphatic heterocycles. The quantitative estimate of drug-likeness (QED) is 0.493. The van der Waals surface area contributed by atoms with Crippen molar-refractivity contribution in [2.75, 3.05) is 35.6 Å². The van der Waals surface area contributed by atoms with E-state index < -0.39 is 12.2 Å². The Morgan fingerprint density at radius 1 is 1.18 bits per heavy atom. The lowest BCUT2D eigenvalue weighted by Gasteiger charge is -2.18. The minimum atomic E-state index is -0.520. The molecule has 2 aromatic heterocycles. The molecular weight excluding hydrogens is 460 g/mol. The number of pyridine rings is 1. The number of carbonyl (C=O) groups is 2. The highest BCUT2D eigenvalue weighted by molar-refractivity contribution is 8.00. The summed E-state index contributed by atoms with van der Waals surface area (Å²) in [7, 11) is 1.64. The molecular formula is C22H22N6O5S. The summed E-state index contributed by atoms with van der Waals surface area (Å²) in [4.78, 5) is 56.0. The molecule has 3 aromatic rings. The first-order chi connectivity index (χ1) is 16.4. The van der Waals surface area contributed by atoms with E-state index in [1.807, 2.05) is 6.07 Å². The molecule has 1 atom stereocenters. The maximum atomic E-state index is 12.7. The Kier molecular flexibility index (Phi) is 5.84. The minimum Gasteiger partial charge on any atom is -0.443 e. The number of amides is 2. The molecule has 176 valence electrons. The number of anilines is 2. The molecule has 0 bridgehead atoms. The number of para-hydroxylation sites is 1. The van der Waals surface area contributed by atoms with E-state index in [2.05, 4.69) is 15.6 Å². The minimum absolute atomic E-state index is 0.131. The Balaban J connectivity index is 1.20. The lowest BCUT2D eigenvalue weighted by atomic mass is 10.2. The van der Waals surface area contributed by atoms with Crippen molar-refractivity contribution in [3.05, 3.63) is 57.2 Å². The average Bonchev–Trinajstić information content (AvgIpc) is 3.22. The van der Waals surface area contributed by atoms with Crippen LogP contribution >= 0.6 is 11.8 Å². The van der Waals surface area contributed by atoms with Crippen molar-refractivity contribution >= 4 is 46.3 Å². The van der Waals surface area contributed by atoms with Gasteiger partial charge in [0.15, 0.2) is 0 Å². The number of cyclic esters (lactones) is 1. The maximum absolute atomic E-state index is 12.7. The molecule has 2 N–H and O–H groups in total. The van der Waals surface area contributed by atoms with E-state index in [0.29, 0.717) is 41.4 Å². The van der Waals surface area contributed by atoms with Crippen molar-refractivity contribution in [2.45, 2.75) is 17.5 Å². The Morgan fingerprint density at radius 2 is 2.00 bits per heavy atom. The monoisotopic (exact) mass is 482 g/mol. The number of aryl methyl sites for hydroxylation is 1. The highest BCUT2D eigenvalue weighted by atomic mass is 32.2. The number of hydrogen-bond acceptors (Lipinski definition) is 8. The summed E-state index contributed by atoms with van der Waals surface area (Å²) in [6, 6.07) is 10.5. The number of aromatic nitrogens is 3. The van der Waals surface area contributed by atoms with E-state index in [1.54, 1.807) is 37.4 Å². The molecule has 0 radical (unpaired) electrons. The third-order valence-electron chi connectivity index (χ3n) is 5.75. The van der Waals surface area contributed by atoms with Crippen LogP contribution in [-0.4, -0.2) is 57.6 Å². The molecule has 0 saturated carbocycles. The second kappa shape index (κ2) is 8.95. The summed E-state index contributed by atoms with van der Waals surface area (Å²) in [5.74, 6) is 1.05. The van der Waals surface area contributed by atoms with E-state index in [-0.39, 0.29) is 30.2 Å². The first-order valence-corrected chi connectivity index (χ1v) is 11.7. The van der Waals surface area contributed by atoms with Gasteiger partial charge in [-0.15, -0.1) is 11.8 Å². The summed E-state index contributed by atoms with van der Waals surface area (Å²) >= 11 is 1.40. The largest absolute Gasteiger partial charge is 0.443 e. The molecule has 34 heavy (non-hydrogen) atoms. The van der Waals surface area contributed by atoms with Gasteiger partial charge in [-0.1, -0.05) is 12.1 Å². The lowest BCUT2D eigenvalue weighted by Crippen LogP contribution is -2.42.